The van der Waals surface area contributed by atoms with E-state index in [9.17, 15) is 9.59 Å². The van der Waals surface area contributed by atoms with Crippen molar-refractivity contribution in [3.05, 3.63) is 80.7 Å². The number of hydrazone groups is 1. The fraction of sp³-hybridized carbons (Fsp3) is 0.0476. The zero-order valence-corrected chi connectivity index (χ0v) is 17.3. The van der Waals surface area contributed by atoms with Gasteiger partial charge >= 0.3 is 0 Å². The molecule has 1 amide bonds. The number of hydrogen-bond donors (Lipinski definition) is 2. The number of carbonyl (C=O) groups excluding carboxylic acids is 1. The van der Waals surface area contributed by atoms with Crippen molar-refractivity contribution in [1.29, 1.82) is 0 Å². The molecule has 0 fully saturated rings. The highest BCUT2D eigenvalue weighted by Crippen LogP contribution is 2.21. The number of ether oxygens (including phenoxy) is 1. The molecule has 2 N–H and O–H groups in total. The minimum atomic E-state index is -0.494. The molecule has 0 bridgehead atoms. The number of fused-ring (bicyclic) bond motifs is 1. The highest BCUT2D eigenvalue weighted by Gasteiger charge is 2.11. The van der Waals surface area contributed by atoms with Gasteiger partial charge in [0.15, 0.2) is 0 Å². The molecular weight excluding hydrogens is 452 g/mol. The summed E-state index contributed by atoms with van der Waals surface area (Å²) in [4.78, 5) is 24.8. The third kappa shape index (κ3) is 4.01. The molecule has 0 aliphatic heterocycles. The Kier molecular flexibility index (Phi) is 5.44. The molecule has 30 heavy (non-hydrogen) atoms. The van der Waals surface area contributed by atoms with Crippen molar-refractivity contribution in [2.45, 2.75) is 0 Å². The average Bonchev–Trinajstić information content (AvgIpc) is 3.26. The van der Waals surface area contributed by atoms with Gasteiger partial charge in [-0.1, -0.05) is 15.9 Å². The van der Waals surface area contributed by atoms with E-state index in [1.165, 1.54) is 12.5 Å². The number of benzene rings is 2. The summed E-state index contributed by atoms with van der Waals surface area (Å²) < 4.78 is 11.3. The molecule has 4 aromatic rings. The minimum Gasteiger partial charge on any atom is -0.497 e. The third-order valence-electron chi connectivity index (χ3n) is 4.34. The van der Waals surface area contributed by atoms with Gasteiger partial charge in [-0.05, 0) is 48.5 Å². The van der Waals surface area contributed by atoms with Gasteiger partial charge in [0.05, 0.1) is 30.0 Å². The number of carbonyl (C=O) groups is 1. The lowest BCUT2D eigenvalue weighted by Crippen LogP contribution is -2.19. The average molecular weight is 467 g/mol. The van der Waals surface area contributed by atoms with Crippen LogP contribution in [0, 0.1) is 0 Å². The van der Waals surface area contributed by atoms with Crippen molar-refractivity contribution in [2.24, 2.45) is 5.10 Å². The molecule has 0 aliphatic rings. The van der Waals surface area contributed by atoms with Crippen molar-refractivity contribution < 1.29 is 13.9 Å². The molecule has 0 aliphatic carbocycles. The lowest BCUT2D eigenvalue weighted by molar-refractivity contribution is 0.0950. The van der Waals surface area contributed by atoms with Crippen LogP contribution in [0.5, 0.6) is 5.75 Å². The first-order chi connectivity index (χ1) is 14.5. The standard InChI is InChI=1S/C21H15BrN4O4/c1-29-15-5-2-12(3-6-15)17-9-18(25-24-17)21(28)26-23-10-13-11-30-19-7-4-14(22)8-16(19)20(13)27/h2-11H,1H3,(H,24,25)(H,26,28)/b23-10+. The van der Waals surface area contributed by atoms with Gasteiger partial charge in [-0.3, -0.25) is 14.7 Å². The van der Waals surface area contributed by atoms with Crippen LogP contribution in [0.2, 0.25) is 0 Å². The van der Waals surface area contributed by atoms with Crippen LogP contribution in [0.4, 0.5) is 0 Å². The lowest BCUT2D eigenvalue weighted by atomic mass is 10.1. The highest BCUT2D eigenvalue weighted by atomic mass is 79.9. The van der Waals surface area contributed by atoms with Crippen LogP contribution in [0.1, 0.15) is 16.1 Å². The van der Waals surface area contributed by atoms with Crippen LogP contribution in [-0.4, -0.2) is 29.4 Å². The number of amides is 1. The summed E-state index contributed by atoms with van der Waals surface area (Å²) in [6.07, 6.45) is 2.54. The van der Waals surface area contributed by atoms with Gasteiger partial charge in [0.1, 0.15) is 23.3 Å². The number of halogens is 1. The van der Waals surface area contributed by atoms with E-state index >= 15 is 0 Å². The first kappa shape index (κ1) is 19.6. The van der Waals surface area contributed by atoms with Crippen molar-refractivity contribution in [3.8, 4) is 17.0 Å². The molecule has 0 atom stereocenters. The number of H-pyrrole nitrogens is 1. The summed E-state index contributed by atoms with van der Waals surface area (Å²) in [5, 5.41) is 11.1. The van der Waals surface area contributed by atoms with Gasteiger partial charge in [0.2, 0.25) is 5.43 Å². The number of aromatic amines is 1. The Balaban J connectivity index is 1.48. The van der Waals surface area contributed by atoms with Crippen LogP contribution in [0.25, 0.3) is 22.2 Å². The van der Waals surface area contributed by atoms with Gasteiger partial charge in [-0.2, -0.15) is 10.2 Å². The first-order valence-corrected chi connectivity index (χ1v) is 9.59. The van der Waals surface area contributed by atoms with E-state index in [1.54, 1.807) is 31.4 Å². The van der Waals surface area contributed by atoms with Crippen molar-refractivity contribution in [3.63, 3.8) is 0 Å². The summed E-state index contributed by atoms with van der Waals surface area (Å²) in [5.41, 5.74) is 4.46. The Hall–Kier alpha value is -3.72. The molecule has 0 saturated heterocycles. The monoisotopic (exact) mass is 466 g/mol. The van der Waals surface area contributed by atoms with Crippen LogP contribution in [0.3, 0.4) is 0 Å². The molecule has 0 unspecified atom stereocenters. The molecule has 2 aromatic heterocycles. The summed E-state index contributed by atoms with van der Waals surface area (Å²) in [6.45, 7) is 0. The van der Waals surface area contributed by atoms with Crippen molar-refractivity contribution >= 4 is 39.0 Å². The molecule has 2 heterocycles. The van der Waals surface area contributed by atoms with Gasteiger partial charge in [0, 0.05) is 10.0 Å². The Morgan fingerprint density at radius 3 is 2.80 bits per heavy atom. The maximum absolute atomic E-state index is 12.5. The van der Waals surface area contributed by atoms with Crippen molar-refractivity contribution in [2.75, 3.05) is 7.11 Å². The van der Waals surface area contributed by atoms with Crippen molar-refractivity contribution in [1.82, 2.24) is 15.6 Å². The predicted molar refractivity (Wildman–Crippen MR) is 116 cm³/mol. The quantitative estimate of drug-likeness (QED) is 0.344. The van der Waals surface area contributed by atoms with Gasteiger partial charge in [0.25, 0.3) is 5.91 Å². The highest BCUT2D eigenvalue weighted by molar-refractivity contribution is 9.10. The molecule has 0 spiro atoms. The molecule has 4 rings (SSSR count). The molecular formula is C21H15BrN4O4. The van der Waals surface area contributed by atoms with Gasteiger partial charge in [-0.25, -0.2) is 5.43 Å². The first-order valence-electron chi connectivity index (χ1n) is 8.79. The molecule has 2 aromatic carbocycles. The Morgan fingerprint density at radius 2 is 2.03 bits per heavy atom. The van der Waals surface area contributed by atoms with E-state index in [1.807, 2.05) is 24.3 Å². The maximum atomic E-state index is 12.5. The zero-order valence-electron chi connectivity index (χ0n) is 15.7. The summed E-state index contributed by atoms with van der Waals surface area (Å²) in [7, 11) is 1.59. The molecule has 8 nitrogen and oxygen atoms in total. The van der Waals surface area contributed by atoms with Crippen LogP contribution in [-0.2, 0) is 0 Å². The number of hydrogen-bond acceptors (Lipinski definition) is 6. The minimum absolute atomic E-state index is 0.212. The van der Waals surface area contributed by atoms with E-state index in [2.05, 4.69) is 36.7 Å². The van der Waals surface area contributed by atoms with E-state index in [0.717, 1.165) is 15.8 Å². The fourth-order valence-electron chi connectivity index (χ4n) is 2.78. The van der Waals surface area contributed by atoms with Gasteiger partial charge in [-0.15, -0.1) is 0 Å². The molecule has 0 saturated carbocycles. The topological polar surface area (TPSA) is 110 Å². The summed E-state index contributed by atoms with van der Waals surface area (Å²) in [6, 6.07) is 14.0. The number of nitrogens with one attached hydrogen (secondary N) is 2. The maximum Gasteiger partial charge on any atom is 0.289 e. The van der Waals surface area contributed by atoms with Crippen LogP contribution in [0.15, 0.2) is 73.6 Å². The van der Waals surface area contributed by atoms with E-state index < -0.39 is 5.91 Å². The Labute approximate surface area is 178 Å². The van der Waals surface area contributed by atoms with E-state index in [4.69, 9.17) is 9.15 Å². The normalized spacial score (nSPS) is 11.1. The lowest BCUT2D eigenvalue weighted by Gasteiger charge is -2.00. The van der Waals surface area contributed by atoms with Crippen LogP contribution >= 0.6 is 15.9 Å². The Bertz CT molecular complexity index is 1310. The summed E-state index contributed by atoms with van der Waals surface area (Å²) in [5.74, 6) is 0.235. The summed E-state index contributed by atoms with van der Waals surface area (Å²) >= 11 is 3.33. The van der Waals surface area contributed by atoms with Gasteiger partial charge < -0.3 is 9.15 Å². The fourth-order valence-corrected chi connectivity index (χ4v) is 3.14. The van der Waals surface area contributed by atoms with Crippen LogP contribution < -0.4 is 15.6 Å². The number of methoxy groups -OCH3 is 1. The third-order valence-corrected chi connectivity index (χ3v) is 4.83. The second-order valence-corrected chi connectivity index (χ2v) is 7.17. The predicted octanol–water partition coefficient (Wildman–Crippen LogP) is 3.72. The molecule has 0 radical (unpaired) electrons. The van der Waals surface area contributed by atoms with E-state index in [0.29, 0.717) is 16.7 Å². The van der Waals surface area contributed by atoms with E-state index in [-0.39, 0.29) is 16.7 Å². The largest absolute Gasteiger partial charge is 0.497 e. The molecule has 9 heteroatoms. The zero-order chi connectivity index (χ0) is 21.1. The molecule has 150 valence electrons. The Morgan fingerprint density at radius 1 is 1.23 bits per heavy atom. The number of rotatable bonds is 5. The number of nitrogens with zero attached hydrogens (tertiary/aromatic N) is 2. The second kappa shape index (κ2) is 8.34. The SMILES string of the molecule is COc1ccc(-c2cc(C(=O)N/N=C/c3coc4ccc(Br)cc4c3=O)[nH]n2)cc1. The second-order valence-electron chi connectivity index (χ2n) is 6.26. The number of aromatic nitrogens is 2. The smallest absolute Gasteiger partial charge is 0.289 e.